The number of aromatic nitrogens is 2. The maximum atomic E-state index is 5.56. The molecule has 1 aromatic heterocycles. The summed E-state index contributed by atoms with van der Waals surface area (Å²) < 4.78 is 5.56. The average Bonchev–Trinajstić information content (AvgIpc) is 2.87. The van der Waals surface area contributed by atoms with Gasteiger partial charge in [-0.25, -0.2) is 0 Å². The van der Waals surface area contributed by atoms with Crippen LogP contribution in [0.25, 0.3) is 0 Å². The van der Waals surface area contributed by atoms with E-state index in [-0.39, 0.29) is 0 Å². The van der Waals surface area contributed by atoms with Crippen molar-refractivity contribution in [2.75, 3.05) is 20.2 Å². The fraction of sp³-hybridized carbons (Fsp3) is 0.818. The van der Waals surface area contributed by atoms with E-state index in [1.54, 1.807) is 11.3 Å². The van der Waals surface area contributed by atoms with Gasteiger partial charge in [-0.05, 0) is 33.4 Å². The standard InChI is InChI=1S/C11H19N3OS/c1-8-6-9(7-15-8)11-14-13-10(16-11)4-3-5-12-2/h8-9,12H,3-7H2,1-2H3. The predicted molar refractivity (Wildman–Crippen MR) is 64.9 cm³/mol. The number of nitrogens with zero attached hydrogens (tertiary/aromatic N) is 2. The van der Waals surface area contributed by atoms with Crippen LogP contribution in [0.15, 0.2) is 0 Å². The lowest BCUT2D eigenvalue weighted by atomic mass is 10.1. The van der Waals surface area contributed by atoms with Gasteiger partial charge in [-0.15, -0.1) is 21.5 Å². The first-order valence-corrected chi connectivity index (χ1v) is 6.69. The van der Waals surface area contributed by atoms with Crippen LogP contribution in [-0.2, 0) is 11.2 Å². The zero-order valence-electron chi connectivity index (χ0n) is 9.90. The van der Waals surface area contributed by atoms with Crippen molar-refractivity contribution in [2.24, 2.45) is 0 Å². The normalized spacial score (nSPS) is 25.1. The molecule has 2 unspecified atom stereocenters. The van der Waals surface area contributed by atoms with Crippen molar-refractivity contribution in [1.82, 2.24) is 15.5 Å². The molecule has 1 saturated heterocycles. The molecule has 0 aliphatic carbocycles. The number of hydrogen-bond acceptors (Lipinski definition) is 5. The van der Waals surface area contributed by atoms with Gasteiger partial charge in [-0.1, -0.05) is 0 Å². The Hall–Kier alpha value is -0.520. The summed E-state index contributed by atoms with van der Waals surface area (Å²) in [6, 6.07) is 0. The van der Waals surface area contributed by atoms with Crippen LogP contribution in [0.5, 0.6) is 0 Å². The lowest BCUT2D eigenvalue weighted by Gasteiger charge is -1.99. The second-order valence-electron chi connectivity index (χ2n) is 4.32. The summed E-state index contributed by atoms with van der Waals surface area (Å²) in [5.41, 5.74) is 0. The highest BCUT2D eigenvalue weighted by molar-refractivity contribution is 7.11. The van der Waals surface area contributed by atoms with E-state index in [1.807, 2.05) is 7.05 Å². The van der Waals surface area contributed by atoms with Crippen molar-refractivity contribution < 1.29 is 4.74 Å². The molecular formula is C11H19N3OS. The van der Waals surface area contributed by atoms with Crippen LogP contribution in [0.3, 0.4) is 0 Å². The molecule has 16 heavy (non-hydrogen) atoms. The zero-order chi connectivity index (χ0) is 11.4. The number of rotatable bonds is 5. The molecule has 4 nitrogen and oxygen atoms in total. The van der Waals surface area contributed by atoms with E-state index in [0.29, 0.717) is 12.0 Å². The SMILES string of the molecule is CNCCCc1nnc(C2COC(C)C2)s1. The van der Waals surface area contributed by atoms with E-state index >= 15 is 0 Å². The Morgan fingerprint density at radius 2 is 2.38 bits per heavy atom. The van der Waals surface area contributed by atoms with Crippen molar-refractivity contribution in [3.8, 4) is 0 Å². The summed E-state index contributed by atoms with van der Waals surface area (Å²) >= 11 is 1.75. The maximum absolute atomic E-state index is 5.56. The van der Waals surface area contributed by atoms with E-state index in [9.17, 15) is 0 Å². The van der Waals surface area contributed by atoms with Gasteiger partial charge in [0.2, 0.25) is 0 Å². The molecule has 1 aliphatic rings. The first-order valence-electron chi connectivity index (χ1n) is 5.88. The minimum absolute atomic E-state index is 0.377. The number of hydrogen-bond donors (Lipinski definition) is 1. The summed E-state index contributed by atoms with van der Waals surface area (Å²) in [5.74, 6) is 0.477. The molecule has 0 bridgehead atoms. The second-order valence-corrected chi connectivity index (χ2v) is 5.41. The highest BCUT2D eigenvalue weighted by Crippen LogP contribution is 2.31. The molecule has 2 heterocycles. The van der Waals surface area contributed by atoms with Crippen molar-refractivity contribution in [3.05, 3.63) is 10.0 Å². The van der Waals surface area contributed by atoms with E-state index in [0.717, 1.165) is 42.4 Å². The Morgan fingerprint density at radius 3 is 3.06 bits per heavy atom. The highest BCUT2D eigenvalue weighted by Gasteiger charge is 2.26. The van der Waals surface area contributed by atoms with Crippen LogP contribution >= 0.6 is 11.3 Å². The van der Waals surface area contributed by atoms with E-state index in [2.05, 4.69) is 22.4 Å². The topological polar surface area (TPSA) is 47.0 Å². The molecule has 1 N–H and O–H groups in total. The fourth-order valence-electron chi connectivity index (χ4n) is 1.94. The molecule has 0 amide bonds. The Labute approximate surface area is 100 Å². The van der Waals surface area contributed by atoms with E-state index in [1.165, 1.54) is 0 Å². The van der Waals surface area contributed by atoms with Gasteiger partial charge in [0, 0.05) is 12.3 Å². The first kappa shape index (κ1) is 12.0. The van der Waals surface area contributed by atoms with Crippen LogP contribution in [0.2, 0.25) is 0 Å². The minimum atomic E-state index is 0.377. The lowest BCUT2D eigenvalue weighted by Crippen LogP contribution is -2.08. The third kappa shape index (κ3) is 2.99. The summed E-state index contributed by atoms with van der Waals surface area (Å²) in [7, 11) is 1.97. The third-order valence-electron chi connectivity index (χ3n) is 2.85. The molecule has 0 aromatic carbocycles. The lowest BCUT2D eigenvalue weighted by molar-refractivity contribution is 0.123. The van der Waals surface area contributed by atoms with E-state index < -0.39 is 0 Å². The predicted octanol–water partition coefficient (Wildman–Crippen LogP) is 1.58. The molecule has 5 heteroatoms. The molecule has 1 fully saturated rings. The molecule has 2 atom stereocenters. The van der Waals surface area contributed by atoms with Gasteiger partial charge < -0.3 is 10.1 Å². The minimum Gasteiger partial charge on any atom is -0.378 e. The molecule has 2 rings (SSSR count). The first-order chi connectivity index (χ1) is 7.79. The van der Waals surface area contributed by atoms with Crippen molar-refractivity contribution in [1.29, 1.82) is 0 Å². The van der Waals surface area contributed by atoms with Crippen LogP contribution in [0.4, 0.5) is 0 Å². The van der Waals surface area contributed by atoms with Gasteiger partial charge >= 0.3 is 0 Å². The van der Waals surface area contributed by atoms with Crippen LogP contribution in [-0.4, -0.2) is 36.5 Å². The molecular weight excluding hydrogens is 222 g/mol. The Morgan fingerprint density at radius 1 is 1.50 bits per heavy atom. The van der Waals surface area contributed by atoms with Crippen molar-refractivity contribution >= 4 is 11.3 Å². The quantitative estimate of drug-likeness (QED) is 0.795. The Kier molecular flexibility index (Phi) is 4.26. The molecule has 0 spiro atoms. The fourth-order valence-corrected chi connectivity index (χ4v) is 2.92. The highest BCUT2D eigenvalue weighted by atomic mass is 32.1. The summed E-state index contributed by atoms with van der Waals surface area (Å²) in [4.78, 5) is 0. The Bertz CT molecular complexity index is 329. The van der Waals surface area contributed by atoms with Gasteiger partial charge in [-0.2, -0.15) is 0 Å². The van der Waals surface area contributed by atoms with Gasteiger partial charge in [0.25, 0.3) is 0 Å². The van der Waals surface area contributed by atoms with Gasteiger partial charge in [0.05, 0.1) is 12.7 Å². The van der Waals surface area contributed by atoms with Crippen molar-refractivity contribution in [2.45, 2.75) is 38.2 Å². The van der Waals surface area contributed by atoms with Crippen molar-refractivity contribution in [3.63, 3.8) is 0 Å². The Balaban J connectivity index is 1.87. The number of nitrogens with one attached hydrogen (secondary N) is 1. The smallest absolute Gasteiger partial charge is 0.122 e. The van der Waals surface area contributed by atoms with Gasteiger partial charge in [-0.3, -0.25) is 0 Å². The molecule has 90 valence electrons. The van der Waals surface area contributed by atoms with E-state index in [4.69, 9.17) is 4.74 Å². The van der Waals surface area contributed by atoms with Gasteiger partial charge in [0.15, 0.2) is 0 Å². The van der Waals surface area contributed by atoms with Crippen LogP contribution in [0, 0.1) is 0 Å². The van der Waals surface area contributed by atoms with Crippen LogP contribution in [0.1, 0.15) is 35.7 Å². The summed E-state index contributed by atoms with van der Waals surface area (Å²) in [5, 5.41) is 14.0. The van der Waals surface area contributed by atoms with Gasteiger partial charge in [0.1, 0.15) is 10.0 Å². The number of ether oxygens (including phenoxy) is 1. The summed E-state index contributed by atoms with van der Waals surface area (Å²) in [6.45, 7) is 3.97. The molecule has 0 saturated carbocycles. The third-order valence-corrected chi connectivity index (χ3v) is 3.99. The zero-order valence-corrected chi connectivity index (χ0v) is 10.7. The maximum Gasteiger partial charge on any atom is 0.122 e. The largest absolute Gasteiger partial charge is 0.378 e. The molecule has 1 aliphatic heterocycles. The average molecular weight is 241 g/mol. The second kappa shape index (κ2) is 5.70. The van der Waals surface area contributed by atoms with Crippen LogP contribution < -0.4 is 5.32 Å². The number of aryl methyl sites for hydroxylation is 1. The summed E-state index contributed by atoms with van der Waals surface area (Å²) in [6.07, 6.45) is 3.62. The molecule has 1 aromatic rings. The molecule has 0 radical (unpaired) electrons. The monoisotopic (exact) mass is 241 g/mol.